The van der Waals surface area contributed by atoms with Crippen molar-refractivity contribution in [2.45, 2.75) is 19.1 Å². The lowest BCUT2D eigenvalue weighted by Crippen LogP contribution is -2.18. The molecule has 1 N–H and O–H groups in total. The normalized spacial score (nSPS) is 11.3. The molecule has 0 unspecified atom stereocenters. The molecule has 1 aromatic carbocycles. The molecule has 0 bridgehead atoms. The first kappa shape index (κ1) is 15.2. The zero-order valence-electron chi connectivity index (χ0n) is 11.6. The van der Waals surface area contributed by atoms with E-state index >= 15 is 0 Å². The van der Waals surface area contributed by atoms with Gasteiger partial charge in [0.1, 0.15) is 5.75 Å². The van der Waals surface area contributed by atoms with Gasteiger partial charge in [-0.1, -0.05) is 23.4 Å². The minimum absolute atomic E-state index is 0.0929. The van der Waals surface area contributed by atoms with Crippen molar-refractivity contribution in [2.75, 3.05) is 11.1 Å². The summed E-state index contributed by atoms with van der Waals surface area (Å²) in [4.78, 5) is 11.7. The number of carbonyl (C=O) groups is 1. The molecule has 0 saturated heterocycles. The van der Waals surface area contributed by atoms with E-state index < -0.39 is 9.84 Å². The summed E-state index contributed by atoms with van der Waals surface area (Å²) < 4.78 is 28.7. The molecule has 0 aliphatic rings. The van der Waals surface area contributed by atoms with Crippen LogP contribution in [0, 0.1) is 6.92 Å². The van der Waals surface area contributed by atoms with E-state index in [0.717, 1.165) is 0 Å². The Balaban J connectivity index is 1.85. The van der Waals surface area contributed by atoms with Gasteiger partial charge >= 0.3 is 0 Å². The third-order valence-electron chi connectivity index (χ3n) is 2.74. The van der Waals surface area contributed by atoms with E-state index in [1.165, 1.54) is 0 Å². The van der Waals surface area contributed by atoms with Crippen molar-refractivity contribution < 1.29 is 17.7 Å². The number of carbonyl (C=O) groups excluding carboxylic acids is 1. The summed E-state index contributed by atoms with van der Waals surface area (Å²) in [5, 5.41) is 6.28. The maximum Gasteiger partial charge on any atom is 0.225 e. The lowest BCUT2D eigenvalue weighted by Gasteiger charge is -2.05. The van der Waals surface area contributed by atoms with E-state index in [1.807, 2.05) is 6.07 Å². The number of para-hydroxylation sites is 1. The van der Waals surface area contributed by atoms with E-state index in [1.54, 1.807) is 37.3 Å². The van der Waals surface area contributed by atoms with E-state index in [0.29, 0.717) is 11.4 Å². The van der Waals surface area contributed by atoms with Crippen molar-refractivity contribution in [1.29, 1.82) is 0 Å². The van der Waals surface area contributed by atoms with Crippen molar-refractivity contribution in [2.24, 2.45) is 0 Å². The number of sulfone groups is 1. The van der Waals surface area contributed by atoms with Crippen molar-refractivity contribution >= 4 is 21.4 Å². The van der Waals surface area contributed by atoms with Gasteiger partial charge in [-0.25, -0.2) is 8.42 Å². The van der Waals surface area contributed by atoms with Crippen LogP contribution in [0.4, 0.5) is 5.69 Å². The Morgan fingerprint density at radius 1 is 1.29 bits per heavy atom. The van der Waals surface area contributed by atoms with Crippen LogP contribution in [0.15, 0.2) is 40.9 Å². The summed E-state index contributed by atoms with van der Waals surface area (Å²) >= 11 is 0. The van der Waals surface area contributed by atoms with Gasteiger partial charge in [0.05, 0.1) is 11.4 Å². The van der Waals surface area contributed by atoms with Crippen molar-refractivity contribution in [3.8, 4) is 0 Å². The van der Waals surface area contributed by atoms with Crippen LogP contribution in [-0.4, -0.2) is 25.2 Å². The lowest BCUT2D eigenvalue weighted by molar-refractivity contribution is -0.115. The molecule has 0 spiro atoms. The predicted octanol–water partition coefficient (Wildman–Crippen LogP) is 1.93. The highest BCUT2D eigenvalue weighted by atomic mass is 32.2. The molecule has 7 heteroatoms. The summed E-state index contributed by atoms with van der Waals surface area (Å²) in [6.45, 7) is 1.72. The monoisotopic (exact) mass is 308 g/mol. The van der Waals surface area contributed by atoms with Gasteiger partial charge in [0.25, 0.3) is 0 Å². The molecule has 0 radical (unpaired) electrons. The van der Waals surface area contributed by atoms with Crippen LogP contribution in [0.5, 0.6) is 0 Å². The first-order valence-electron chi connectivity index (χ1n) is 6.42. The summed E-state index contributed by atoms with van der Waals surface area (Å²) in [6.07, 6.45) is -0.0929. The third kappa shape index (κ3) is 5.03. The van der Waals surface area contributed by atoms with Gasteiger partial charge in [-0.05, 0) is 19.1 Å². The van der Waals surface area contributed by atoms with Crippen molar-refractivity contribution in [3.05, 3.63) is 47.9 Å². The molecule has 1 aromatic heterocycles. The van der Waals surface area contributed by atoms with Crippen LogP contribution in [-0.2, 0) is 20.4 Å². The molecule has 2 rings (SSSR count). The number of hydrogen-bond acceptors (Lipinski definition) is 5. The fraction of sp³-hybridized carbons (Fsp3) is 0.286. The molecule has 1 amide bonds. The highest BCUT2D eigenvalue weighted by Gasteiger charge is 2.17. The summed E-state index contributed by atoms with van der Waals surface area (Å²) in [6, 6.07) is 10.5. The molecule has 6 nitrogen and oxygen atoms in total. The van der Waals surface area contributed by atoms with Gasteiger partial charge in [0, 0.05) is 18.2 Å². The van der Waals surface area contributed by atoms with Crippen LogP contribution < -0.4 is 5.32 Å². The molecular weight excluding hydrogens is 292 g/mol. The maximum atomic E-state index is 11.9. The van der Waals surface area contributed by atoms with Gasteiger partial charge in [0.15, 0.2) is 15.6 Å². The largest absolute Gasteiger partial charge is 0.360 e. The van der Waals surface area contributed by atoms with Gasteiger partial charge in [-0.15, -0.1) is 0 Å². The Morgan fingerprint density at radius 2 is 2.00 bits per heavy atom. The quantitative estimate of drug-likeness (QED) is 0.880. The minimum Gasteiger partial charge on any atom is -0.360 e. The van der Waals surface area contributed by atoms with E-state index in [4.69, 9.17) is 4.52 Å². The zero-order valence-corrected chi connectivity index (χ0v) is 12.4. The number of nitrogens with one attached hydrogen (secondary N) is 1. The second-order valence-electron chi connectivity index (χ2n) is 4.69. The van der Waals surface area contributed by atoms with Gasteiger partial charge in [0.2, 0.25) is 5.91 Å². The molecule has 0 aliphatic carbocycles. The smallest absolute Gasteiger partial charge is 0.225 e. The average Bonchev–Trinajstić information content (AvgIpc) is 2.82. The lowest BCUT2D eigenvalue weighted by atomic mass is 10.3. The summed E-state index contributed by atoms with van der Waals surface area (Å²) in [5.41, 5.74) is 1.27. The Bertz CT molecular complexity index is 708. The zero-order chi connectivity index (χ0) is 15.3. The number of amides is 1. The van der Waals surface area contributed by atoms with Crippen LogP contribution in [0.3, 0.4) is 0 Å². The number of rotatable bonds is 6. The van der Waals surface area contributed by atoms with Crippen molar-refractivity contribution in [3.63, 3.8) is 0 Å². The Hall–Kier alpha value is -2.15. The Labute approximate surface area is 123 Å². The molecule has 1 heterocycles. The molecule has 2 aromatic rings. The number of nitrogens with zero attached hydrogens (tertiary/aromatic N) is 1. The Kier molecular flexibility index (Phi) is 4.74. The molecule has 0 saturated carbocycles. The van der Waals surface area contributed by atoms with Gasteiger partial charge in [-0.2, -0.15) is 0 Å². The van der Waals surface area contributed by atoms with Gasteiger partial charge in [-0.3, -0.25) is 4.79 Å². The highest BCUT2D eigenvalue weighted by Crippen LogP contribution is 2.10. The SMILES string of the molecule is Cc1cc(CS(=O)(=O)CCC(=O)Nc2ccccc2)on1. The molecule has 0 aliphatic heterocycles. The predicted molar refractivity (Wildman–Crippen MR) is 78.4 cm³/mol. The first-order chi connectivity index (χ1) is 9.94. The van der Waals surface area contributed by atoms with E-state index in [-0.39, 0.29) is 29.6 Å². The molecule has 0 atom stereocenters. The van der Waals surface area contributed by atoms with Crippen LogP contribution in [0.2, 0.25) is 0 Å². The number of aryl methyl sites for hydroxylation is 1. The summed E-state index contributed by atoms with van der Waals surface area (Å²) in [5.74, 6) is -0.521. The second-order valence-corrected chi connectivity index (χ2v) is 6.87. The van der Waals surface area contributed by atoms with E-state index in [2.05, 4.69) is 10.5 Å². The van der Waals surface area contributed by atoms with Crippen LogP contribution >= 0.6 is 0 Å². The summed E-state index contributed by atoms with van der Waals surface area (Å²) in [7, 11) is -3.40. The standard InChI is InChI=1S/C14H16N2O4S/c1-11-9-13(20-16-11)10-21(18,19)8-7-14(17)15-12-5-3-2-4-6-12/h2-6,9H,7-8,10H2,1H3,(H,15,17). The molecule has 21 heavy (non-hydrogen) atoms. The number of aromatic nitrogens is 1. The third-order valence-corrected chi connectivity index (χ3v) is 4.29. The maximum absolute atomic E-state index is 11.9. The van der Waals surface area contributed by atoms with Crippen molar-refractivity contribution in [1.82, 2.24) is 5.16 Å². The van der Waals surface area contributed by atoms with Crippen LogP contribution in [0.1, 0.15) is 17.9 Å². The first-order valence-corrected chi connectivity index (χ1v) is 8.24. The number of hydrogen-bond donors (Lipinski definition) is 1. The topological polar surface area (TPSA) is 89.3 Å². The fourth-order valence-electron chi connectivity index (χ4n) is 1.77. The molecule has 0 fully saturated rings. The Morgan fingerprint density at radius 3 is 2.62 bits per heavy atom. The fourth-order valence-corrected chi connectivity index (χ4v) is 2.98. The molecular formula is C14H16N2O4S. The number of benzene rings is 1. The van der Waals surface area contributed by atoms with Crippen LogP contribution in [0.25, 0.3) is 0 Å². The average molecular weight is 308 g/mol. The highest BCUT2D eigenvalue weighted by molar-refractivity contribution is 7.90. The van der Waals surface area contributed by atoms with Gasteiger partial charge < -0.3 is 9.84 Å². The minimum atomic E-state index is -3.40. The molecule has 112 valence electrons. The second kappa shape index (κ2) is 6.53. The van der Waals surface area contributed by atoms with E-state index in [9.17, 15) is 13.2 Å². The number of anilines is 1.